The monoisotopic (exact) mass is 398 g/mol. The average molecular weight is 399 g/mol. The molecule has 0 bridgehead atoms. The first-order chi connectivity index (χ1) is 14.2. The molecule has 2 amide bonds. The number of rotatable bonds is 6. The summed E-state index contributed by atoms with van der Waals surface area (Å²) in [6, 6.07) is 7.51. The van der Waals surface area contributed by atoms with Crippen LogP contribution in [0.15, 0.2) is 24.3 Å². The van der Waals surface area contributed by atoms with Crippen molar-refractivity contribution < 1.29 is 9.59 Å². The predicted molar refractivity (Wildman–Crippen MR) is 116 cm³/mol. The summed E-state index contributed by atoms with van der Waals surface area (Å²) in [5, 5.41) is 9.52. The molecule has 0 spiro atoms. The zero-order valence-corrected chi connectivity index (χ0v) is 17.3. The van der Waals surface area contributed by atoms with Gasteiger partial charge in [-0.05, 0) is 75.5 Å². The second-order valence-corrected chi connectivity index (χ2v) is 8.96. The van der Waals surface area contributed by atoms with Gasteiger partial charge >= 0.3 is 0 Å². The lowest BCUT2D eigenvalue weighted by molar-refractivity contribution is -0.128. The fourth-order valence-corrected chi connectivity index (χ4v) is 5.25. The Morgan fingerprint density at radius 3 is 2.48 bits per heavy atom. The maximum absolute atomic E-state index is 13.0. The molecule has 1 aliphatic carbocycles. The summed E-state index contributed by atoms with van der Waals surface area (Å²) in [6.45, 7) is 4.79. The number of carbonyl (C=O) groups is 2. The number of hydrogen-bond donors (Lipinski definition) is 3. The molecule has 2 heterocycles. The fraction of sp³-hybridized carbons (Fsp3) is 0.652. The number of carbonyl (C=O) groups excluding carboxylic acids is 2. The molecule has 1 aromatic carbocycles. The Labute approximate surface area is 173 Å². The molecule has 0 aromatic heterocycles. The fourth-order valence-electron chi connectivity index (χ4n) is 5.25. The van der Waals surface area contributed by atoms with Crippen molar-refractivity contribution in [1.29, 1.82) is 0 Å². The normalized spacial score (nSPS) is 27.2. The molecule has 0 unspecified atom stereocenters. The van der Waals surface area contributed by atoms with Crippen LogP contribution in [0.2, 0.25) is 0 Å². The van der Waals surface area contributed by atoms with E-state index in [-0.39, 0.29) is 17.2 Å². The number of fused-ring (bicyclic) bond motifs is 1. The second kappa shape index (κ2) is 9.26. The molecular formula is C23H34N4O2. The standard InChI is InChI=1S/C23H34N4O2/c28-21(11-15-27-13-4-1-5-14-27)25-19-7-9-20(10-8-19)26-22(29)23-12-3-2-6-18(23)16-24-17-23/h7-10,18,24H,1-6,11-17H2,(H,25,28)(H,26,29)/t18-,23+/m0/s1. The third-order valence-corrected chi connectivity index (χ3v) is 7.02. The maximum Gasteiger partial charge on any atom is 0.232 e. The highest BCUT2D eigenvalue weighted by Crippen LogP contribution is 2.44. The Morgan fingerprint density at radius 1 is 1.00 bits per heavy atom. The maximum atomic E-state index is 13.0. The van der Waals surface area contributed by atoms with E-state index in [4.69, 9.17) is 0 Å². The zero-order valence-electron chi connectivity index (χ0n) is 17.3. The van der Waals surface area contributed by atoms with Crippen molar-refractivity contribution in [2.75, 3.05) is 43.4 Å². The van der Waals surface area contributed by atoms with Gasteiger partial charge in [-0.2, -0.15) is 0 Å². The van der Waals surface area contributed by atoms with Crippen LogP contribution in [0.5, 0.6) is 0 Å². The van der Waals surface area contributed by atoms with Crippen LogP contribution in [0, 0.1) is 11.3 Å². The molecule has 4 rings (SSSR count). The molecule has 0 radical (unpaired) electrons. The number of anilines is 2. The van der Waals surface area contributed by atoms with Crippen molar-refractivity contribution in [3.05, 3.63) is 24.3 Å². The molecular weight excluding hydrogens is 364 g/mol. The van der Waals surface area contributed by atoms with Crippen LogP contribution in [0.25, 0.3) is 0 Å². The van der Waals surface area contributed by atoms with Gasteiger partial charge in [0.1, 0.15) is 0 Å². The Hall–Kier alpha value is -1.92. The number of piperidine rings is 1. The lowest BCUT2D eigenvalue weighted by atomic mass is 9.67. The lowest BCUT2D eigenvalue weighted by Gasteiger charge is -2.37. The molecule has 3 N–H and O–H groups in total. The molecule has 1 aromatic rings. The smallest absolute Gasteiger partial charge is 0.232 e. The van der Waals surface area contributed by atoms with E-state index in [1.807, 2.05) is 24.3 Å². The molecule has 158 valence electrons. The molecule has 29 heavy (non-hydrogen) atoms. The minimum atomic E-state index is -0.250. The van der Waals surface area contributed by atoms with Crippen molar-refractivity contribution in [3.8, 4) is 0 Å². The molecule has 3 aliphatic rings. The largest absolute Gasteiger partial charge is 0.326 e. The second-order valence-electron chi connectivity index (χ2n) is 8.96. The number of likely N-dealkylation sites (tertiary alicyclic amines) is 1. The van der Waals surface area contributed by atoms with Gasteiger partial charge in [0.15, 0.2) is 0 Å². The Balaban J connectivity index is 1.27. The van der Waals surface area contributed by atoms with E-state index in [1.165, 1.54) is 25.7 Å². The summed E-state index contributed by atoms with van der Waals surface area (Å²) in [7, 11) is 0. The van der Waals surface area contributed by atoms with Gasteiger partial charge in [-0.3, -0.25) is 9.59 Å². The van der Waals surface area contributed by atoms with Crippen molar-refractivity contribution >= 4 is 23.2 Å². The number of nitrogens with zero attached hydrogens (tertiary/aromatic N) is 1. The quantitative estimate of drug-likeness (QED) is 0.688. The van der Waals surface area contributed by atoms with E-state index >= 15 is 0 Å². The van der Waals surface area contributed by atoms with Gasteiger partial charge < -0.3 is 20.9 Å². The predicted octanol–water partition coefficient (Wildman–Crippen LogP) is 3.22. The van der Waals surface area contributed by atoms with E-state index in [1.54, 1.807) is 0 Å². The molecule has 3 fully saturated rings. The topological polar surface area (TPSA) is 73.5 Å². The van der Waals surface area contributed by atoms with Crippen LogP contribution < -0.4 is 16.0 Å². The van der Waals surface area contributed by atoms with Gasteiger partial charge in [-0.15, -0.1) is 0 Å². The van der Waals surface area contributed by atoms with Crippen LogP contribution >= 0.6 is 0 Å². The first kappa shape index (κ1) is 20.4. The summed E-state index contributed by atoms with van der Waals surface area (Å²) >= 11 is 0. The van der Waals surface area contributed by atoms with E-state index < -0.39 is 0 Å². The van der Waals surface area contributed by atoms with Gasteiger partial charge in [0, 0.05) is 30.9 Å². The summed E-state index contributed by atoms with van der Waals surface area (Å²) in [4.78, 5) is 27.7. The third-order valence-electron chi connectivity index (χ3n) is 7.02. The van der Waals surface area contributed by atoms with Crippen molar-refractivity contribution in [2.45, 2.75) is 51.4 Å². The number of nitrogens with one attached hydrogen (secondary N) is 3. The Morgan fingerprint density at radius 2 is 1.72 bits per heavy atom. The van der Waals surface area contributed by atoms with E-state index in [0.717, 1.165) is 63.4 Å². The summed E-state index contributed by atoms with van der Waals surface area (Å²) in [5.41, 5.74) is 1.33. The summed E-state index contributed by atoms with van der Waals surface area (Å²) < 4.78 is 0. The van der Waals surface area contributed by atoms with Crippen LogP contribution in [0.1, 0.15) is 51.4 Å². The van der Waals surface area contributed by atoms with E-state index in [0.29, 0.717) is 12.3 Å². The van der Waals surface area contributed by atoms with Crippen molar-refractivity contribution in [2.24, 2.45) is 11.3 Å². The van der Waals surface area contributed by atoms with Crippen LogP contribution in [0.4, 0.5) is 11.4 Å². The number of hydrogen-bond acceptors (Lipinski definition) is 4. The van der Waals surface area contributed by atoms with E-state index in [9.17, 15) is 9.59 Å². The summed E-state index contributed by atoms with van der Waals surface area (Å²) in [6.07, 6.45) is 8.80. The molecule has 1 saturated carbocycles. The SMILES string of the molecule is O=C(CCN1CCCCC1)Nc1ccc(NC(=O)[C@@]23CCCC[C@H]2CNC3)cc1. The zero-order chi connectivity index (χ0) is 20.1. The third kappa shape index (κ3) is 4.81. The molecule has 2 saturated heterocycles. The van der Waals surface area contributed by atoms with Gasteiger partial charge in [0.25, 0.3) is 0 Å². The van der Waals surface area contributed by atoms with Gasteiger partial charge in [0.05, 0.1) is 5.41 Å². The average Bonchev–Trinajstić information content (AvgIpc) is 3.20. The minimum absolute atomic E-state index is 0.0494. The molecule has 6 nitrogen and oxygen atoms in total. The highest BCUT2D eigenvalue weighted by atomic mass is 16.2. The Bertz CT molecular complexity index is 714. The first-order valence-electron chi connectivity index (χ1n) is 11.3. The van der Waals surface area contributed by atoms with E-state index in [2.05, 4.69) is 20.9 Å². The van der Waals surface area contributed by atoms with Crippen molar-refractivity contribution in [1.82, 2.24) is 10.2 Å². The van der Waals surface area contributed by atoms with Crippen molar-refractivity contribution in [3.63, 3.8) is 0 Å². The molecule has 6 heteroatoms. The van der Waals surface area contributed by atoms with Gasteiger partial charge in [-0.1, -0.05) is 19.3 Å². The van der Waals surface area contributed by atoms with Crippen LogP contribution in [-0.4, -0.2) is 49.4 Å². The van der Waals surface area contributed by atoms with Gasteiger partial charge in [-0.25, -0.2) is 0 Å². The summed E-state index contributed by atoms with van der Waals surface area (Å²) in [5.74, 6) is 0.647. The molecule has 2 atom stereocenters. The van der Waals surface area contributed by atoms with Crippen LogP contribution in [0.3, 0.4) is 0 Å². The Kier molecular flexibility index (Phi) is 6.50. The highest BCUT2D eigenvalue weighted by Gasteiger charge is 2.49. The van der Waals surface area contributed by atoms with Crippen LogP contribution in [-0.2, 0) is 9.59 Å². The minimum Gasteiger partial charge on any atom is -0.326 e. The van der Waals surface area contributed by atoms with Gasteiger partial charge in [0.2, 0.25) is 11.8 Å². The molecule has 2 aliphatic heterocycles. The number of benzene rings is 1. The number of amides is 2. The first-order valence-corrected chi connectivity index (χ1v) is 11.3. The lowest BCUT2D eigenvalue weighted by Crippen LogP contribution is -2.44. The highest BCUT2D eigenvalue weighted by molar-refractivity contribution is 5.96.